The monoisotopic (exact) mass is 254 g/mol. The molecule has 0 aromatic carbocycles. The molecule has 17 heavy (non-hydrogen) atoms. The quantitative estimate of drug-likeness (QED) is 0.891. The minimum absolute atomic E-state index is 0.662. The van der Waals surface area contributed by atoms with Gasteiger partial charge in [-0.05, 0) is 38.9 Å². The lowest BCUT2D eigenvalue weighted by Gasteiger charge is -2.27. The zero-order chi connectivity index (χ0) is 12.3. The lowest BCUT2D eigenvalue weighted by atomic mass is 9.95. The van der Waals surface area contributed by atoms with Gasteiger partial charge in [0.05, 0.1) is 6.54 Å². The van der Waals surface area contributed by atoms with Gasteiger partial charge in [-0.3, -0.25) is 0 Å². The van der Waals surface area contributed by atoms with E-state index in [1.807, 2.05) is 25.7 Å². The first kappa shape index (κ1) is 12.9. The third-order valence-corrected chi connectivity index (χ3v) is 4.88. The number of hydrogen-bond acceptors (Lipinski definition) is 4. The zero-order valence-corrected chi connectivity index (χ0v) is 11.8. The Balaban J connectivity index is 1.78. The number of nitrogens with zero attached hydrogens (tertiary/aromatic N) is 3. The highest BCUT2D eigenvalue weighted by Crippen LogP contribution is 2.26. The van der Waals surface area contributed by atoms with Gasteiger partial charge in [0, 0.05) is 18.3 Å². The van der Waals surface area contributed by atoms with Gasteiger partial charge < -0.3 is 9.88 Å². The first-order valence-corrected chi connectivity index (χ1v) is 7.60. The minimum atomic E-state index is 0.662. The van der Waals surface area contributed by atoms with Crippen LogP contribution in [0, 0.1) is 6.92 Å². The fourth-order valence-electron chi connectivity index (χ4n) is 2.34. The van der Waals surface area contributed by atoms with Crippen LogP contribution in [-0.4, -0.2) is 32.3 Å². The maximum atomic E-state index is 4.18. The average molecular weight is 254 g/mol. The highest BCUT2D eigenvalue weighted by Gasteiger charge is 2.20. The van der Waals surface area contributed by atoms with Crippen LogP contribution in [0.4, 0.5) is 0 Å². The summed E-state index contributed by atoms with van der Waals surface area (Å²) in [5, 5.41) is 12.7. The molecule has 1 saturated carbocycles. The Morgan fingerprint density at radius 2 is 2.00 bits per heavy atom. The smallest absolute Gasteiger partial charge is 0.146 e. The van der Waals surface area contributed by atoms with E-state index >= 15 is 0 Å². The zero-order valence-electron chi connectivity index (χ0n) is 10.9. The molecule has 1 aromatic heterocycles. The van der Waals surface area contributed by atoms with Crippen LogP contribution < -0.4 is 5.32 Å². The number of aromatic nitrogens is 3. The van der Waals surface area contributed by atoms with Crippen LogP contribution in [0.15, 0.2) is 0 Å². The van der Waals surface area contributed by atoms with Crippen LogP contribution in [0.2, 0.25) is 0 Å². The highest BCUT2D eigenvalue weighted by atomic mass is 32.2. The lowest BCUT2D eigenvalue weighted by Crippen LogP contribution is -2.34. The van der Waals surface area contributed by atoms with Crippen LogP contribution in [-0.2, 0) is 13.6 Å². The van der Waals surface area contributed by atoms with E-state index in [1.165, 1.54) is 25.7 Å². The van der Waals surface area contributed by atoms with E-state index < -0.39 is 0 Å². The Labute approximate surface area is 108 Å². The molecule has 0 bridgehead atoms. The summed E-state index contributed by atoms with van der Waals surface area (Å²) in [6.45, 7) is 2.83. The summed E-state index contributed by atoms with van der Waals surface area (Å²) in [5.74, 6) is 2.02. The first-order chi connectivity index (χ1) is 8.20. The molecule has 4 nitrogen and oxygen atoms in total. The molecule has 1 heterocycles. The number of hydrogen-bond donors (Lipinski definition) is 1. The molecular formula is C12H22N4S. The van der Waals surface area contributed by atoms with Crippen LogP contribution in [0.25, 0.3) is 0 Å². The SMILES string of the molecule is CSC1CCC(NCc2nnc(C)n2C)CC1. The van der Waals surface area contributed by atoms with Crippen molar-refractivity contribution in [1.82, 2.24) is 20.1 Å². The number of aryl methyl sites for hydroxylation is 1. The summed E-state index contributed by atoms with van der Waals surface area (Å²) >= 11 is 2.01. The molecule has 0 saturated heterocycles. The third-order valence-electron chi connectivity index (χ3n) is 3.74. The molecule has 0 radical (unpaired) electrons. The number of thioether (sulfide) groups is 1. The standard InChI is InChI=1S/C12H22N4S/c1-9-14-15-12(16(9)2)8-13-10-4-6-11(17-3)7-5-10/h10-11,13H,4-8H2,1-3H3. The molecule has 0 atom stereocenters. The fraction of sp³-hybridized carbons (Fsp3) is 0.833. The second kappa shape index (κ2) is 5.87. The normalized spacial score (nSPS) is 25.1. The predicted molar refractivity (Wildman–Crippen MR) is 72.1 cm³/mol. The molecule has 5 heteroatoms. The van der Waals surface area contributed by atoms with Crippen molar-refractivity contribution in [3.63, 3.8) is 0 Å². The summed E-state index contributed by atoms with van der Waals surface area (Å²) in [6, 6.07) is 0.662. The first-order valence-electron chi connectivity index (χ1n) is 6.31. The molecule has 96 valence electrons. The summed E-state index contributed by atoms with van der Waals surface area (Å²) in [5.41, 5.74) is 0. The topological polar surface area (TPSA) is 42.7 Å². The Hall–Kier alpha value is -0.550. The van der Waals surface area contributed by atoms with Gasteiger partial charge in [0.15, 0.2) is 0 Å². The van der Waals surface area contributed by atoms with Crippen molar-refractivity contribution in [2.75, 3.05) is 6.26 Å². The van der Waals surface area contributed by atoms with Crippen molar-refractivity contribution < 1.29 is 0 Å². The van der Waals surface area contributed by atoms with E-state index in [0.717, 1.165) is 23.4 Å². The maximum Gasteiger partial charge on any atom is 0.146 e. The Bertz CT molecular complexity index is 355. The van der Waals surface area contributed by atoms with E-state index in [9.17, 15) is 0 Å². The van der Waals surface area contributed by atoms with Gasteiger partial charge in [0.1, 0.15) is 11.6 Å². The van der Waals surface area contributed by atoms with Crippen molar-refractivity contribution >= 4 is 11.8 Å². The van der Waals surface area contributed by atoms with Gasteiger partial charge in [-0.15, -0.1) is 10.2 Å². The fourth-order valence-corrected chi connectivity index (χ4v) is 3.09. The maximum absolute atomic E-state index is 4.18. The Morgan fingerprint density at radius 1 is 1.29 bits per heavy atom. The van der Waals surface area contributed by atoms with E-state index in [2.05, 4.69) is 26.3 Å². The van der Waals surface area contributed by atoms with Gasteiger partial charge in [-0.2, -0.15) is 11.8 Å². The molecule has 0 spiro atoms. The summed E-state index contributed by atoms with van der Waals surface area (Å²) in [4.78, 5) is 0. The summed E-state index contributed by atoms with van der Waals surface area (Å²) in [6.07, 6.45) is 7.50. The van der Waals surface area contributed by atoms with Gasteiger partial charge in [-0.25, -0.2) is 0 Å². The van der Waals surface area contributed by atoms with E-state index in [1.54, 1.807) is 0 Å². The van der Waals surface area contributed by atoms with Gasteiger partial charge in [-0.1, -0.05) is 0 Å². The molecule has 2 rings (SSSR count). The van der Waals surface area contributed by atoms with E-state index in [0.29, 0.717) is 6.04 Å². The van der Waals surface area contributed by atoms with Gasteiger partial charge >= 0.3 is 0 Å². The van der Waals surface area contributed by atoms with Gasteiger partial charge in [0.2, 0.25) is 0 Å². The molecule has 1 aromatic rings. The van der Waals surface area contributed by atoms with Crippen molar-refractivity contribution in [3.05, 3.63) is 11.6 Å². The van der Waals surface area contributed by atoms with Crippen LogP contribution in [0.3, 0.4) is 0 Å². The number of rotatable bonds is 4. The van der Waals surface area contributed by atoms with Crippen LogP contribution in [0.1, 0.15) is 37.3 Å². The third kappa shape index (κ3) is 3.22. The van der Waals surface area contributed by atoms with Crippen molar-refractivity contribution in [2.24, 2.45) is 7.05 Å². The summed E-state index contributed by atoms with van der Waals surface area (Å²) in [7, 11) is 2.02. The molecule has 0 unspecified atom stereocenters. The van der Waals surface area contributed by atoms with Crippen LogP contribution >= 0.6 is 11.8 Å². The summed E-state index contributed by atoms with van der Waals surface area (Å²) < 4.78 is 2.06. The van der Waals surface area contributed by atoms with Crippen molar-refractivity contribution in [1.29, 1.82) is 0 Å². The Morgan fingerprint density at radius 3 is 2.53 bits per heavy atom. The molecule has 1 N–H and O–H groups in total. The van der Waals surface area contributed by atoms with E-state index in [4.69, 9.17) is 0 Å². The molecule has 0 amide bonds. The molecule has 1 fully saturated rings. The van der Waals surface area contributed by atoms with E-state index in [-0.39, 0.29) is 0 Å². The second-order valence-corrected chi connectivity index (χ2v) is 5.95. The Kier molecular flexibility index (Phi) is 4.45. The van der Waals surface area contributed by atoms with Crippen molar-refractivity contribution in [3.8, 4) is 0 Å². The predicted octanol–water partition coefficient (Wildman–Crippen LogP) is 1.89. The second-order valence-electron chi connectivity index (χ2n) is 4.81. The molecular weight excluding hydrogens is 232 g/mol. The minimum Gasteiger partial charge on any atom is -0.317 e. The molecule has 0 aliphatic heterocycles. The average Bonchev–Trinajstić information content (AvgIpc) is 2.68. The van der Waals surface area contributed by atoms with Gasteiger partial charge in [0.25, 0.3) is 0 Å². The lowest BCUT2D eigenvalue weighted by molar-refractivity contribution is 0.374. The molecule has 1 aliphatic carbocycles. The molecule has 1 aliphatic rings. The van der Waals surface area contributed by atoms with Crippen molar-refractivity contribution in [2.45, 2.75) is 50.4 Å². The largest absolute Gasteiger partial charge is 0.317 e. The van der Waals surface area contributed by atoms with Crippen LogP contribution in [0.5, 0.6) is 0 Å². The highest BCUT2D eigenvalue weighted by molar-refractivity contribution is 7.99. The number of nitrogens with one attached hydrogen (secondary N) is 1.